The first-order valence-electron chi connectivity index (χ1n) is 8.30. The molecule has 1 heterocycles. The third kappa shape index (κ3) is 5.07. The molecule has 152 valence electrons. The Bertz CT molecular complexity index is 984. The molecule has 0 amide bonds. The van der Waals surface area contributed by atoms with E-state index in [1.54, 1.807) is 0 Å². The molecule has 0 spiro atoms. The number of anilines is 1. The summed E-state index contributed by atoms with van der Waals surface area (Å²) >= 11 is 5.95. The number of hydrogen-bond acceptors (Lipinski definition) is 6. The van der Waals surface area contributed by atoms with Crippen LogP contribution in [-0.2, 0) is 14.8 Å². The van der Waals surface area contributed by atoms with Crippen LogP contribution in [0.4, 0.5) is 5.69 Å². The van der Waals surface area contributed by atoms with Crippen molar-refractivity contribution in [3.05, 3.63) is 30.6 Å². The number of unbranched alkanes of at least 4 members (excludes halogenated alkanes) is 1. The minimum Gasteiger partial charge on any atom is -0.480 e. The van der Waals surface area contributed by atoms with E-state index < -0.39 is 28.0 Å². The van der Waals surface area contributed by atoms with Crippen LogP contribution in [0.15, 0.2) is 35.5 Å². The Labute approximate surface area is 167 Å². The lowest BCUT2D eigenvalue weighted by Crippen LogP contribution is -2.40. The number of nitrogens with one attached hydrogen (secondary N) is 2. The van der Waals surface area contributed by atoms with Gasteiger partial charge in [-0.05, 0) is 31.5 Å². The molecule has 2 rings (SSSR count). The summed E-state index contributed by atoms with van der Waals surface area (Å²) in [5.74, 6) is -1.68. The van der Waals surface area contributed by atoms with E-state index in [0.29, 0.717) is 35.8 Å². The maximum absolute atomic E-state index is 12.6. The van der Waals surface area contributed by atoms with E-state index >= 15 is 0 Å². The topological polar surface area (TPSA) is 175 Å². The van der Waals surface area contributed by atoms with Gasteiger partial charge in [-0.25, -0.2) is 12.8 Å². The first-order chi connectivity index (χ1) is 13.2. The van der Waals surface area contributed by atoms with Crippen molar-refractivity contribution in [2.24, 2.45) is 11.5 Å². The lowest BCUT2D eigenvalue weighted by Gasteiger charge is -2.17. The van der Waals surface area contributed by atoms with Crippen LogP contribution in [0.1, 0.15) is 19.3 Å². The van der Waals surface area contributed by atoms with Crippen LogP contribution in [0, 0.1) is 5.41 Å². The van der Waals surface area contributed by atoms with Crippen LogP contribution in [0.2, 0.25) is 0 Å². The maximum atomic E-state index is 12.6. The number of nitrogens with zero attached hydrogens (tertiary/aromatic N) is 2. The van der Waals surface area contributed by atoms with Crippen molar-refractivity contribution in [3.63, 3.8) is 0 Å². The van der Waals surface area contributed by atoms with Gasteiger partial charge in [0.25, 0.3) is 0 Å². The Kier molecular flexibility index (Phi) is 7.13. The van der Waals surface area contributed by atoms with Gasteiger partial charge in [-0.1, -0.05) is 12.5 Å². The molecule has 0 aliphatic carbocycles. The highest BCUT2D eigenvalue weighted by Gasteiger charge is 2.25. The van der Waals surface area contributed by atoms with Crippen molar-refractivity contribution >= 4 is 50.2 Å². The lowest BCUT2D eigenvalue weighted by atomic mass is 10.1. The summed E-state index contributed by atoms with van der Waals surface area (Å²) in [6.07, 6.45) is 4.03. The van der Waals surface area contributed by atoms with E-state index in [1.165, 1.54) is 30.6 Å². The summed E-state index contributed by atoms with van der Waals surface area (Å²) in [6, 6.07) is 2.90. The summed E-state index contributed by atoms with van der Waals surface area (Å²) in [5, 5.41) is 17.7. The number of aliphatic carboxylic acids is 1. The van der Waals surface area contributed by atoms with E-state index in [2.05, 4.69) is 9.71 Å². The van der Waals surface area contributed by atoms with Gasteiger partial charge in [-0.15, -0.1) is 0 Å². The molecule has 0 aliphatic heterocycles. The number of pyridine rings is 1. The quantitative estimate of drug-likeness (QED) is 0.169. The average Bonchev–Trinajstić information content (AvgIpc) is 2.65. The van der Waals surface area contributed by atoms with Crippen molar-refractivity contribution < 1.29 is 18.3 Å². The molecule has 2 aromatic rings. The predicted molar refractivity (Wildman–Crippen MR) is 107 cm³/mol. The van der Waals surface area contributed by atoms with Crippen molar-refractivity contribution in [1.82, 2.24) is 9.71 Å². The van der Waals surface area contributed by atoms with Crippen molar-refractivity contribution in [2.45, 2.75) is 30.2 Å². The smallest absolute Gasteiger partial charge is 0.321 e. The number of carboxylic acids is 1. The number of carbonyl (C=O) groups is 1. The molecule has 28 heavy (non-hydrogen) atoms. The van der Waals surface area contributed by atoms with Gasteiger partial charge in [-0.3, -0.25) is 15.2 Å². The van der Waals surface area contributed by atoms with E-state index in [0.717, 1.165) is 4.42 Å². The standard InChI is InChI=1S/C16H21ClN6O4S/c17-23(16(19)20)14-9-21-8-10-7-11(4-5-12(10)14)28(26,27)22-13(15(24)25)3-1-2-6-18/h4-5,7-9,13,22H,1-3,6,18H2,(H3,19,20)(H,24,25)/t13-/m0/s1. The largest absolute Gasteiger partial charge is 0.480 e. The second-order valence-electron chi connectivity index (χ2n) is 6.00. The summed E-state index contributed by atoms with van der Waals surface area (Å²) in [6.45, 7) is 0.400. The molecule has 0 saturated heterocycles. The molecule has 10 nitrogen and oxygen atoms in total. The molecule has 0 radical (unpaired) electrons. The molecular weight excluding hydrogens is 408 g/mol. The van der Waals surface area contributed by atoms with Crippen LogP contribution in [0.3, 0.4) is 0 Å². The van der Waals surface area contributed by atoms with Gasteiger partial charge in [0, 0.05) is 28.7 Å². The summed E-state index contributed by atoms with van der Waals surface area (Å²) < 4.78 is 28.4. The number of carboxylic acid groups (broad SMARTS) is 1. The van der Waals surface area contributed by atoms with Crippen molar-refractivity contribution in [1.29, 1.82) is 5.41 Å². The van der Waals surface area contributed by atoms with Gasteiger partial charge in [0.05, 0.1) is 16.8 Å². The molecule has 0 fully saturated rings. The molecule has 0 bridgehead atoms. The number of hydrogen-bond donors (Lipinski definition) is 5. The third-order valence-corrected chi connectivity index (χ3v) is 5.82. The predicted octanol–water partition coefficient (Wildman–Crippen LogP) is 0.949. The number of rotatable bonds is 9. The second kappa shape index (κ2) is 9.15. The molecule has 1 atom stereocenters. The van der Waals surface area contributed by atoms with Gasteiger partial charge < -0.3 is 16.6 Å². The number of aromatic nitrogens is 1. The number of sulfonamides is 1. The maximum Gasteiger partial charge on any atom is 0.321 e. The van der Waals surface area contributed by atoms with E-state index in [1.807, 2.05) is 0 Å². The molecule has 1 aromatic carbocycles. The minimum atomic E-state index is -4.09. The zero-order chi connectivity index (χ0) is 20.9. The Morgan fingerprint density at radius 2 is 2.07 bits per heavy atom. The molecular formula is C16H21ClN6O4S. The summed E-state index contributed by atoms with van der Waals surface area (Å²) in [5.41, 5.74) is 11.1. The zero-order valence-corrected chi connectivity index (χ0v) is 16.4. The number of benzene rings is 1. The number of fused-ring (bicyclic) bond motifs is 1. The van der Waals surface area contributed by atoms with Gasteiger partial charge in [-0.2, -0.15) is 4.72 Å². The SMILES string of the molecule is N=C(N)N(Cl)c1cncc2cc(S(=O)(=O)N[C@@H](CCCCN)C(=O)O)ccc12. The van der Waals surface area contributed by atoms with Crippen LogP contribution in [-0.4, -0.2) is 43.0 Å². The van der Waals surface area contributed by atoms with Crippen molar-refractivity contribution in [2.75, 3.05) is 11.0 Å². The van der Waals surface area contributed by atoms with Crippen LogP contribution >= 0.6 is 11.8 Å². The average molecular weight is 429 g/mol. The minimum absolute atomic E-state index is 0.118. The third-order valence-electron chi connectivity index (χ3n) is 3.99. The normalized spacial score (nSPS) is 12.6. The summed E-state index contributed by atoms with van der Waals surface area (Å²) in [7, 11) is -4.09. The zero-order valence-electron chi connectivity index (χ0n) is 14.8. The first-order valence-corrected chi connectivity index (χ1v) is 10.1. The van der Waals surface area contributed by atoms with Gasteiger partial charge in [0.15, 0.2) is 0 Å². The molecule has 12 heteroatoms. The fraction of sp³-hybridized carbons (Fsp3) is 0.312. The molecule has 0 unspecified atom stereocenters. The molecule has 1 aromatic heterocycles. The highest BCUT2D eigenvalue weighted by Crippen LogP contribution is 2.28. The second-order valence-corrected chi connectivity index (χ2v) is 8.06. The highest BCUT2D eigenvalue weighted by atomic mass is 35.5. The Hall–Kier alpha value is -2.47. The number of halogens is 1. The van der Waals surface area contributed by atoms with Gasteiger partial charge >= 0.3 is 5.97 Å². The van der Waals surface area contributed by atoms with Gasteiger partial charge in [0.2, 0.25) is 16.0 Å². The van der Waals surface area contributed by atoms with E-state index in [4.69, 9.17) is 28.7 Å². The Balaban J connectivity index is 2.35. The molecule has 7 N–H and O–H groups in total. The fourth-order valence-corrected chi connectivity index (χ4v) is 3.97. The molecule has 0 aliphatic rings. The monoisotopic (exact) mass is 428 g/mol. The summed E-state index contributed by atoms with van der Waals surface area (Å²) in [4.78, 5) is 15.2. The van der Waals surface area contributed by atoms with Crippen LogP contribution in [0.25, 0.3) is 10.8 Å². The lowest BCUT2D eigenvalue weighted by molar-refractivity contribution is -0.139. The van der Waals surface area contributed by atoms with E-state index in [9.17, 15) is 18.3 Å². The van der Waals surface area contributed by atoms with Crippen LogP contribution in [0.5, 0.6) is 0 Å². The highest BCUT2D eigenvalue weighted by molar-refractivity contribution is 7.89. The Morgan fingerprint density at radius 1 is 1.36 bits per heavy atom. The van der Waals surface area contributed by atoms with Gasteiger partial charge in [0.1, 0.15) is 6.04 Å². The fourth-order valence-electron chi connectivity index (χ4n) is 2.57. The first kappa shape index (κ1) is 21.8. The number of guanidine groups is 1. The number of nitrogens with two attached hydrogens (primary N) is 2. The Morgan fingerprint density at radius 3 is 2.68 bits per heavy atom. The van der Waals surface area contributed by atoms with E-state index in [-0.39, 0.29) is 11.3 Å². The molecule has 0 saturated carbocycles. The van der Waals surface area contributed by atoms with Crippen molar-refractivity contribution in [3.8, 4) is 0 Å². The van der Waals surface area contributed by atoms with Crippen LogP contribution < -0.4 is 20.6 Å².